The van der Waals surface area contributed by atoms with Gasteiger partial charge in [0.2, 0.25) is 5.91 Å². The van der Waals surface area contributed by atoms with Crippen LogP contribution in [-0.2, 0) is 9.53 Å². The minimum atomic E-state index is -0.431. The molecule has 1 aliphatic carbocycles. The van der Waals surface area contributed by atoms with E-state index in [0.29, 0.717) is 6.42 Å². The molecule has 3 rings (SSSR count). The van der Waals surface area contributed by atoms with Crippen molar-refractivity contribution in [3.63, 3.8) is 0 Å². The van der Waals surface area contributed by atoms with E-state index in [4.69, 9.17) is 4.74 Å². The van der Waals surface area contributed by atoms with Crippen LogP contribution in [-0.4, -0.2) is 29.0 Å². The average Bonchev–Trinajstić information content (AvgIpc) is 2.95. The van der Waals surface area contributed by atoms with Crippen LogP contribution >= 0.6 is 0 Å². The Morgan fingerprint density at radius 2 is 2.00 bits per heavy atom. The van der Waals surface area contributed by atoms with Crippen molar-refractivity contribution >= 4 is 12.0 Å². The van der Waals surface area contributed by atoms with Crippen LogP contribution in [0.1, 0.15) is 69.8 Å². The van der Waals surface area contributed by atoms with Crippen LogP contribution in [0.4, 0.5) is 4.79 Å². The smallest absolute Gasteiger partial charge is 0.417 e. The molecule has 0 unspecified atom stereocenters. The summed E-state index contributed by atoms with van der Waals surface area (Å²) in [6, 6.07) is 10.1. The monoisotopic (exact) mass is 329 g/mol. The SMILES string of the molecule is CCCC[C@H](CC(=O)N1C(=O)O[C@H]2CCCC[C@@H]21)c1ccccc1. The van der Waals surface area contributed by atoms with Gasteiger partial charge in [0.1, 0.15) is 6.10 Å². The van der Waals surface area contributed by atoms with Gasteiger partial charge in [-0.25, -0.2) is 9.69 Å². The second kappa shape index (κ2) is 7.82. The largest absolute Gasteiger partial charge is 0.444 e. The molecule has 4 heteroatoms. The van der Waals surface area contributed by atoms with Gasteiger partial charge in [0.15, 0.2) is 0 Å². The molecule has 4 nitrogen and oxygen atoms in total. The summed E-state index contributed by atoms with van der Waals surface area (Å²) in [5.74, 6) is 0.105. The molecule has 24 heavy (non-hydrogen) atoms. The van der Waals surface area contributed by atoms with Crippen LogP contribution in [0.3, 0.4) is 0 Å². The van der Waals surface area contributed by atoms with Gasteiger partial charge in [-0.05, 0) is 37.2 Å². The number of hydrogen-bond donors (Lipinski definition) is 0. The Labute approximate surface area is 144 Å². The normalized spacial score (nSPS) is 24.4. The Morgan fingerprint density at radius 3 is 2.75 bits per heavy atom. The summed E-state index contributed by atoms with van der Waals surface area (Å²) in [6.45, 7) is 2.16. The van der Waals surface area contributed by atoms with Crippen LogP contribution in [0.2, 0.25) is 0 Å². The zero-order valence-corrected chi connectivity index (χ0v) is 14.4. The number of ether oxygens (including phenoxy) is 1. The van der Waals surface area contributed by atoms with Crippen LogP contribution in [0.25, 0.3) is 0 Å². The van der Waals surface area contributed by atoms with Gasteiger partial charge in [0, 0.05) is 6.42 Å². The van der Waals surface area contributed by atoms with Crippen molar-refractivity contribution in [1.82, 2.24) is 4.90 Å². The molecule has 2 fully saturated rings. The van der Waals surface area contributed by atoms with Crippen molar-refractivity contribution in [2.75, 3.05) is 0 Å². The molecule has 2 aliphatic rings. The molecule has 1 aromatic rings. The van der Waals surface area contributed by atoms with E-state index in [2.05, 4.69) is 19.1 Å². The van der Waals surface area contributed by atoms with Crippen molar-refractivity contribution in [2.24, 2.45) is 0 Å². The number of nitrogens with zero attached hydrogens (tertiary/aromatic N) is 1. The number of benzene rings is 1. The maximum absolute atomic E-state index is 12.9. The molecular formula is C20H27NO3. The van der Waals surface area contributed by atoms with E-state index in [9.17, 15) is 9.59 Å². The predicted octanol–water partition coefficient (Wildman–Crippen LogP) is 4.64. The summed E-state index contributed by atoms with van der Waals surface area (Å²) in [5, 5.41) is 0. The van der Waals surface area contributed by atoms with Crippen molar-refractivity contribution in [3.8, 4) is 0 Å². The van der Waals surface area contributed by atoms with Gasteiger partial charge in [0.25, 0.3) is 0 Å². The van der Waals surface area contributed by atoms with Gasteiger partial charge in [-0.3, -0.25) is 4.79 Å². The van der Waals surface area contributed by atoms with E-state index < -0.39 is 6.09 Å². The van der Waals surface area contributed by atoms with E-state index in [0.717, 1.165) is 44.9 Å². The predicted molar refractivity (Wildman–Crippen MR) is 92.7 cm³/mol. The lowest BCUT2D eigenvalue weighted by molar-refractivity contribution is -0.130. The van der Waals surface area contributed by atoms with Crippen LogP contribution < -0.4 is 0 Å². The van der Waals surface area contributed by atoms with Gasteiger partial charge in [0.05, 0.1) is 6.04 Å². The Kier molecular flexibility index (Phi) is 5.54. The molecule has 1 saturated carbocycles. The third-order valence-corrected chi connectivity index (χ3v) is 5.32. The third-order valence-electron chi connectivity index (χ3n) is 5.32. The summed E-state index contributed by atoms with van der Waals surface area (Å²) < 4.78 is 5.43. The second-order valence-electron chi connectivity index (χ2n) is 6.99. The summed E-state index contributed by atoms with van der Waals surface area (Å²) in [4.78, 5) is 26.5. The summed E-state index contributed by atoms with van der Waals surface area (Å²) in [7, 11) is 0. The van der Waals surface area contributed by atoms with E-state index in [-0.39, 0.29) is 24.0 Å². The first-order valence-corrected chi connectivity index (χ1v) is 9.28. The number of hydrogen-bond acceptors (Lipinski definition) is 3. The Morgan fingerprint density at radius 1 is 1.25 bits per heavy atom. The number of fused-ring (bicyclic) bond motifs is 1. The van der Waals surface area contributed by atoms with E-state index in [1.165, 1.54) is 10.5 Å². The molecule has 130 valence electrons. The number of unbranched alkanes of at least 4 members (excludes halogenated alkanes) is 1. The van der Waals surface area contributed by atoms with Crippen LogP contribution in [0, 0.1) is 0 Å². The lowest BCUT2D eigenvalue weighted by Gasteiger charge is -2.28. The van der Waals surface area contributed by atoms with E-state index >= 15 is 0 Å². The molecule has 0 aromatic heterocycles. The second-order valence-corrected chi connectivity index (χ2v) is 6.99. The quantitative estimate of drug-likeness (QED) is 0.764. The Balaban J connectivity index is 1.71. The minimum absolute atomic E-state index is 0.0404. The molecular weight excluding hydrogens is 302 g/mol. The zero-order chi connectivity index (χ0) is 16.9. The lowest BCUT2D eigenvalue weighted by Crippen LogP contribution is -2.42. The van der Waals surface area contributed by atoms with Gasteiger partial charge in [-0.1, -0.05) is 56.5 Å². The summed E-state index contributed by atoms with van der Waals surface area (Å²) >= 11 is 0. The lowest BCUT2D eigenvalue weighted by atomic mass is 9.89. The summed E-state index contributed by atoms with van der Waals surface area (Å²) in [5.41, 5.74) is 1.19. The van der Waals surface area contributed by atoms with E-state index in [1.807, 2.05) is 18.2 Å². The highest BCUT2D eigenvalue weighted by molar-refractivity contribution is 5.94. The molecule has 0 bridgehead atoms. The molecule has 1 heterocycles. The molecule has 0 spiro atoms. The molecule has 0 N–H and O–H groups in total. The molecule has 3 atom stereocenters. The van der Waals surface area contributed by atoms with Crippen molar-refractivity contribution < 1.29 is 14.3 Å². The number of rotatable bonds is 6. The van der Waals surface area contributed by atoms with Gasteiger partial charge >= 0.3 is 6.09 Å². The van der Waals surface area contributed by atoms with Crippen molar-refractivity contribution in [2.45, 2.75) is 76.4 Å². The molecule has 1 aliphatic heterocycles. The minimum Gasteiger partial charge on any atom is -0.444 e. The molecule has 0 radical (unpaired) electrons. The standard InChI is InChI=1S/C20H27NO3/c1-2-3-9-16(15-10-5-4-6-11-15)14-19(22)21-17-12-7-8-13-18(17)24-20(21)23/h4-6,10-11,16-18H,2-3,7-9,12-14H2,1H3/t16-,17+,18+/m1/s1. The van der Waals surface area contributed by atoms with E-state index in [1.54, 1.807) is 0 Å². The third kappa shape index (κ3) is 3.63. The number of carbonyl (C=O) groups is 2. The van der Waals surface area contributed by atoms with Crippen LogP contribution in [0.5, 0.6) is 0 Å². The Hall–Kier alpha value is -1.84. The first-order valence-electron chi connectivity index (χ1n) is 9.28. The fourth-order valence-corrected chi connectivity index (χ4v) is 3.99. The maximum Gasteiger partial charge on any atom is 0.417 e. The van der Waals surface area contributed by atoms with Crippen LogP contribution in [0.15, 0.2) is 30.3 Å². The maximum atomic E-state index is 12.9. The topological polar surface area (TPSA) is 46.6 Å². The number of carbonyl (C=O) groups excluding carboxylic acids is 2. The molecule has 1 aromatic carbocycles. The number of amides is 2. The number of imide groups is 1. The highest BCUT2D eigenvalue weighted by atomic mass is 16.6. The molecule has 1 saturated heterocycles. The van der Waals surface area contributed by atoms with Gasteiger partial charge in [-0.15, -0.1) is 0 Å². The summed E-state index contributed by atoms with van der Waals surface area (Å²) in [6.07, 6.45) is 6.97. The highest BCUT2D eigenvalue weighted by Gasteiger charge is 2.46. The zero-order valence-electron chi connectivity index (χ0n) is 14.4. The van der Waals surface area contributed by atoms with Gasteiger partial charge in [-0.2, -0.15) is 0 Å². The Bertz CT molecular complexity index is 572. The molecule has 2 amide bonds. The first kappa shape index (κ1) is 17.0. The first-order chi connectivity index (χ1) is 11.7. The average molecular weight is 329 g/mol. The fourth-order valence-electron chi connectivity index (χ4n) is 3.99. The van der Waals surface area contributed by atoms with Crippen molar-refractivity contribution in [1.29, 1.82) is 0 Å². The fraction of sp³-hybridized carbons (Fsp3) is 0.600. The highest BCUT2D eigenvalue weighted by Crippen LogP contribution is 2.34. The van der Waals surface area contributed by atoms with Crippen molar-refractivity contribution in [3.05, 3.63) is 35.9 Å². The van der Waals surface area contributed by atoms with Gasteiger partial charge < -0.3 is 4.74 Å².